The molecule has 1 aromatic rings. The van der Waals surface area contributed by atoms with Crippen molar-refractivity contribution in [2.45, 2.75) is 38.5 Å². The first-order chi connectivity index (χ1) is 8.33. The van der Waals surface area contributed by atoms with Gasteiger partial charge in [0, 0.05) is 18.7 Å². The molecule has 0 bridgehead atoms. The Morgan fingerprint density at radius 3 is 2.35 bits per heavy atom. The molecule has 1 rings (SSSR count). The van der Waals surface area contributed by atoms with Gasteiger partial charge in [-0.15, -0.1) is 0 Å². The van der Waals surface area contributed by atoms with Crippen molar-refractivity contribution in [1.82, 2.24) is 0 Å². The first kappa shape index (κ1) is 13.7. The number of benzene rings is 1. The SMILES string of the molecule is O=C(CCCCCCCO)Nc1ccccc1. The summed E-state index contributed by atoms with van der Waals surface area (Å²) in [5.74, 6) is 0.0818. The van der Waals surface area contributed by atoms with E-state index in [1.165, 1.54) is 0 Å². The first-order valence-corrected chi connectivity index (χ1v) is 6.28. The highest BCUT2D eigenvalue weighted by atomic mass is 16.2. The van der Waals surface area contributed by atoms with E-state index in [0.29, 0.717) is 6.42 Å². The molecule has 0 atom stereocenters. The first-order valence-electron chi connectivity index (χ1n) is 6.28. The van der Waals surface area contributed by atoms with E-state index in [4.69, 9.17) is 5.11 Å². The van der Waals surface area contributed by atoms with Crippen molar-refractivity contribution in [2.24, 2.45) is 0 Å². The van der Waals surface area contributed by atoms with Crippen molar-refractivity contribution in [3.63, 3.8) is 0 Å². The molecule has 0 heterocycles. The molecule has 0 saturated heterocycles. The number of unbranched alkanes of at least 4 members (excludes halogenated alkanes) is 4. The normalized spacial score (nSPS) is 10.2. The highest BCUT2D eigenvalue weighted by Gasteiger charge is 2.01. The Morgan fingerprint density at radius 1 is 1.00 bits per heavy atom. The maximum absolute atomic E-state index is 11.6. The molecule has 0 unspecified atom stereocenters. The summed E-state index contributed by atoms with van der Waals surface area (Å²) < 4.78 is 0. The van der Waals surface area contributed by atoms with Crippen LogP contribution in [0.15, 0.2) is 30.3 Å². The van der Waals surface area contributed by atoms with Crippen LogP contribution in [0.25, 0.3) is 0 Å². The number of aliphatic hydroxyl groups is 1. The van der Waals surface area contributed by atoms with Gasteiger partial charge in [-0.25, -0.2) is 0 Å². The lowest BCUT2D eigenvalue weighted by molar-refractivity contribution is -0.116. The third-order valence-electron chi connectivity index (χ3n) is 2.62. The fourth-order valence-corrected chi connectivity index (χ4v) is 1.67. The molecule has 2 N–H and O–H groups in total. The number of carbonyl (C=O) groups is 1. The van der Waals surface area contributed by atoms with Crippen LogP contribution in [0.3, 0.4) is 0 Å². The van der Waals surface area contributed by atoms with Crippen LogP contribution in [-0.4, -0.2) is 17.6 Å². The second-order valence-corrected chi connectivity index (χ2v) is 4.16. The molecule has 0 spiro atoms. The molecule has 1 aromatic carbocycles. The monoisotopic (exact) mass is 235 g/mol. The van der Waals surface area contributed by atoms with Crippen LogP contribution in [0.2, 0.25) is 0 Å². The molecule has 0 aliphatic heterocycles. The summed E-state index contributed by atoms with van der Waals surface area (Å²) >= 11 is 0. The summed E-state index contributed by atoms with van der Waals surface area (Å²) in [6.45, 7) is 0.272. The van der Waals surface area contributed by atoms with E-state index >= 15 is 0 Å². The minimum Gasteiger partial charge on any atom is -0.396 e. The quantitative estimate of drug-likeness (QED) is 0.681. The molecule has 0 aliphatic carbocycles. The Labute approximate surface area is 103 Å². The number of rotatable bonds is 8. The Hall–Kier alpha value is -1.35. The highest BCUT2D eigenvalue weighted by Crippen LogP contribution is 2.08. The fourth-order valence-electron chi connectivity index (χ4n) is 1.67. The average molecular weight is 235 g/mol. The molecular weight excluding hydrogens is 214 g/mol. The minimum atomic E-state index is 0.0818. The third-order valence-corrected chi connectivity index (χ3v) is 2.62. The maximum atomic E-state index is 11.6. The molecule has 0 radical (unpaired) electrons. The summed E-state index contributed by atoms with van der Waals surface area (Å²) in [5.41, 5.74) is 0.859. The van der Waals surface area contributed by atoms with Gasteiger partial charge >= 0.3 is 0 Å². The molecule has 0 aromatic heterocycles. The molecule has 0 saturated carbocycles. The summed E-state index contributed by atoms with van der Waals surface area (Å²) in [6, 6.07) is 9.52. The maximum Gasteiger partial charge on any atom is 0.224 e. The van der Waals surface area contributed by atoms with Crippen LogP contribution in [0.4, 0.5) is 5.69 Å². The average Bonchev–Trinajstić information content (AvgIpc) is 2.35. The number of amides is 1. The summed E-state index contributed by atoms with van der Waals surface area (Å²) in [6.07, 6.45) is 5.58. The van der Waals surface area contributed by atoms with Gasteiger partial charge in [-0.05, 0) is 25.0 Å². The second kappa shape index (κ2) is 8.76. The van der Waals surface area contributed by atoms with Crippen LogP contribution in [-0.2, 0) is 4.79 Å². The van der Waals surface area contributed by atoms with Gasteiger partial charge in [-0.1, -0.05) is 37.5 Å². The minimum absolute atomic E-state index is 0.0818. The zero-order valence-electron chi connectivity index (χ0n) is 10.2. The number of para-hydroxylation sites is 1. The highest BCUT2D eigenvalue weighted by molar-refractivity contribution is 5.90. The van der Waals surface area contributed by atoms with Gasteiger partial charge in [0.05, 0.1) is 0 Å². The lowest BCUT2D eigenvalue weighted by Gasteiger charge is -2.04. The number of aliphatic hydroxyl groups excluding tert-OH is 1. The number of carbonyl (C=O) groups excluding carboxylic acids is 1. The molecule has 17 heavy (non-hydrogen) atoms. The number of hydrogen-bond donors (Lipinski definition) is 2. The molecule has 94 valence electrons. The Morgan fingerprint density at radius 2 is 1.65 bits per heavy atom. The topological polar surface area (TPSA) is 49.3 Å². The van der Waals surface area contributed by atoms with Crippen LogP contribution in [0, 0.1) is 0 Å². The number of nitrogens with one attached hydrogen (secondary N) is 1. The predicted octanol–water partition coefficient (Wildman–Crippen LogP) is 2.96. The number of hydrogen-bond acceptors (Lipinski definition) is 2. The van der Waals surface area contributed by atoms with Crippen molar-refractivity contribution in [1.29, 1.82) is 0 Å². The molecule has 3 nitrogen and oxygen atoms in total. The van der Waals surface area contributed by atoms with Crippen molar-refractivity contribution >= 4 is 11.6 Å². The van der Waals surface area contributed by atoms with Crippen LogP contribution in [0.5, 0.6) is 0 Å². The zero-order valence-corrected chi connectivity index (χ0v) is 10.2. The van der Waals surface area contributed by atoms with Gasteiger partial charge in [0.1, 0.15) is 0 Å². The molecule has 0 aliphatic rings. The van der Waals surface area contributed by atoms with Crippen LogP contribution < -0.4 is 5.32 Å². The molecular formula is C14H21NO2. The molecule has 0 fully saturated rings. The third kappa shape index (κ3) is 6.74. The largest absolute Gasteiger partial charge is 0.396 e. The molecule has 1 amide bonds. The summed E-state index contributed by atoms with van der Waals surface area (Å²) in [7, 11) is 0. The predicted molar refractivity (Wildman–Crippen MR) is 69.9 cm³/mol. The fraction of sp³-hybridized carbons (Fsp3) is 0.500. The Balaban J connectivity index is 2.06. The van der Waals surface area contributed by atoms with E-state index < -0.39 is 0 Å². The van der Waals surface area contributed by atoms with Crippen LogP contribution >= 0.6 is 0 Å². The van der Waals surface area contributed by atoms with E-state index in [1.807, 2.05) is 30.3 Å². The van der Waals surface area contributed by atoms with Gasteiger partial charge in [-0.3, -0.25) is 4.79 Å². The van der Waals surface area contributed by atoms with E-state index in [9.17, 15) is 4.79 Å². The summed E-state index contributed by atoms with van der Waals surface area (Å²) in [5, 5.41) is 11.5. The van der Waals surface area contributed by atoms with E-state index in [0.717, 1.165) is 37.8 Å². The second-order valence-electron chi connectivity index (χ2n) is 4.16. The number of anilines is 1. The van der Waals surface area contributed by atoms with E-state index in [2.05, 4.69) is 5.32 Å². The van der Waals surface area contributed by atoms with Crippen molar-refractivity contribution in [3.8, 4) is 0 Å². The van der Waals surface area contributed by atoms with Crippen LogP contribution in [0.1, 0.15) is 38.5 Å². The lowest BCUT2D eigenvalue weighted by atomic mass is 10.1. The summed E-state index contributed by atoms with van der Waals surface area (Å²) in [4.78, 5) is 11.6. The molecule has 3 heteroatoms. The zero-order chi connectivity index (χ0) is 12.3. The Bertz CT molecular complexity index is 311. The van der Waals surface area contributed by atoms with Crippen molar-refractivity contribution in [2.75, 3.05) is 11.9 Å². The van der Waals surface area contributed by atoms with Gasteiger partial charge < -0.3 is 10.4 Å². The van der Waals surface area contributed by atoms with Gasteiger partial charge in [0.15, 0.2) is 0 Å². The van der Waals surface area contributed by atoms with Gasteiger partial charge in [0.25, 0.3) is 0 Å². The van der Waals surface area contributed by atoms with E-state index in [-0.39, 0.29) is 12.5 Å². The lowest BCUT2D eigenvalue weighted by Crippen LogP contribution is -2.10. The van der Waals surface area contributed by atoms with E-state index in [1.54, 1.807) is 0 Å². The van der Waals surface area contributed by atoms with Gasteiger partial charge in [0.2, 0.25) is 5.91 Å². The van der Waals surface area contributed by atoms with Crippen molar-refractivity contribution in [3.05, 3.63) is 30.3 Å². The standard InChI is InChI=1S/C14H21NO2/c16-12-8-3-1-2-7-11-14(17)15-13-9-5-4-6-10-13/h4-6,9-10,16H,1-3,7-8,11-12H2,(H,15,17). The Kier molecular flexibility index (Phi) is 7.07. The smallest absolute Gasteiger partial charge is 0.224 e. The van der Waals surface area contributed by atoms with Crippen molar-refractivity contribution < 1.29 is 9.90 Å². The van der Waals surface area contributed by atoms with Gasteiger partial charge in [-0.2, -0.15) is 0 Å².